The van der Waals surface area contributed by atoms with Crippen LogP contribution in [0.1, 0.15) is 45.7 Å². The lowest BCUT2D eigenvalue weighted by molar-refractivity contribution is -0.225. The van der Waals surface area contributed by atoms with Crippen LogP contribution in [0.15, 0.2) is 35.6 Å². The SMILES string of the molecule is CC1(C)SC2CC(=O)N2C1C(=O)ON1C(=O)C(c2ccccc2)N(N=O)C1(C)C. The molecule has 1 aromatic carbocycles. The number of nitrogens with zero attached hydrogens (tertiary/aromatic N) is 4. The molecule has 3 heterocycles. The third-order valence-corrected chi connectivity index (χ3v) is 7.16. The van der Waals surface area contributed by atoms with Gasteiger partial charge in [0.05, 0.1) is 17.1 Å². The van der Waals surface area contributed by atoms with Crippen LogP contribution in [0.3, 0.4) is 0 Å². The largest absolute Gasteiger partial charge is 0.356 e. The molecule has 3 atom stereocenters. The van der Waals surface area contributed by atoms with Crippen molar-refractivity contribution in [2.75, 3.05) is 0 Å². The van der Waals surface area contributed by atoms with Gasteiger partial charge in [0, 0.05) is 4.75 Å². The second kappa shape index (κ2) is 6.45. The molecule has 0 radical (unpaired) electrons. The minimum absolute atomic E-state index is 0.0532. The lowest BCUT2D eigenvalue weighted by Gasteiger charge is -2.39. The number of carbonyl (C=O) groups excluding carboxylic acids is 3. The molecule has 3 unspecified atom stereocenters. The minimum Gasteiger partial charge on any atom is -0.333 e. The average molecular weight is 418 g/mol. The molecule has 154 valence electrons. The quantitative estimate of drug-likeness (QED) is 0.546. The minimum atomic E-state index is -1.29. The molecule has 10 heteroatoms. The summed E-state index contributed by atoms with van der Waals surface area (Å²) in [7, 11) is 0. The molecule has 3 fully saturated rings. The number of carbonyl (C=O) groups is 3. The van der Waals surface area contributed by atoms with E-state index in [-0.39, 0.29) is 11.3 Å². The smallest absolute Gasteiger partial charge is 0.333 e. The van der Waals surface area contributed by atoms with Gasteiger partial charge in [-0.25, -0.2) is 9.80 Å². The lowest BCUT2D eigenvalue weighted by Crippen LogP contribution is -2.59. The molecule has 1 aromatic rings. The number of fused-ring (bicyclic) bond motifs is 1. The van der Waals surface area contributed by atoms with Crippen molar-refractivity contribution in [3.05, 3.63) is 40.8 Å². The Morgan fingerprint density at radius 2 is 1.83 bits per heavy atom. The zero-order valence-electron chi connectivity index (χ0n) is 16.6. The molecule has 3 aliphatic rings. The maximum atomic E-state index is 13.1. The number of nitroso groups, excluding NO2 is 1. The maximum absolute atomic E-state index is 13.1. The van der Waals surface area contributed by atoms with Gasteiger partial charge in [0.15, 0.2) is 11.7 Å². The van der Waals surface area contributed by atoms with Crippen LogP contribution in [0.5, 0.6) is 0 Å². The standard InChI is InChI=1S/C19H22N4O5S/c1-18(2)15(21-12(24)10-13(21)29-18)17(26)28-23-16(25)14(11-8-6-5-7-9-11)22(20-27)19(23,3)4/h5-9,13-15H,10H2,1-4H3. The predicted molar refractivity (Wildman–Crippen MR) is 105 cm³/mol. The van der Waals surface area contributed by atoms with E-state index in [2.05, 4.69) is 5.29 Å². The van der Waals surface area contributed by atoms with Crippen LogP contribution in [0.4, 0.5) is 0 Å². The van der Waals surface area contributed by atoms with Crippen LogP contribution in [-0.4, -0.2) is 54.6 Å². The fourth-order valence-electron chi connectivity index (χ4n) is 4.21. The summed E-state index contributed by atoms with van der Waals surface area (Å²) in [5, 5.41) is 4.99. The monoisotopic (exact) mass is 418 g/mol. The molecule has 29 heavy (non-hydrogen) atoms. The van der Waals surface area contributed by atoms with Gasteiger partial charge in [-0.05, 0) is 33.3 Å². The summed E-state index contributed by atoms with van der Waals surface area (Å²) in [5.74, 6) is -1.37. The second-order valence-electron chi connectivity index (χ2n) is 8.36. The van der Waals surface area contributed by atoms with Crippen molar-refractivity contribution in [2.45, 2.75) is 62.0 Å². The van der Waals surface area contributed by atoms with Crippen LogP contribution in [-0.2, 0) is 19.2 Å². The van der Waals surface area contributed by atoms with E-state index < -0.39 is 34.4 Å². The summed E-state index contributed by atoms with van der Waals surface area (Å²) in [4.78, 5) is 56.9. The van der Waals surface area contributed by atoms with Crippen molar-refractivity contribution in [2.24, 2.45) is 5.29 Å². The average Bonchev–Trinajstić information content (AvgIpc) is 2.99. The van der Waals surface area contributed by atoms with Gasteiger partial charge >= 0.3 is 5.97 Å². The van der Waals surface area contributed by atoms with Crippen LogP contribution in [0.2, 0.25) is 0 Å². The van der Waals surface area contributed by atoms with E-state index >= 15 is 0 Å². The molecule has 0 N–H and O–H groups in total. The van der Waals surface area contributed by atoms with Crippen LogP contribution < -0.4 is 0 Å². The number of thioether (sulfide) groups is 1. The molecule has 0 aliphatic carbocycles. The van der Waals surface area contributed by atoms with Crippen LogP contribution in [0, 0.1) is 4.91 Å². The second-order valence-corrected chi connectivity index (χ2v) is 10.2. The highest BCUT2D eigenvalue weighted by molar-refractivity contribution is 8.01. The Morgan fingerprint density at radius 3 is 2.41 bits per heavy atom. The van der Waals surface area contributed by atoms with Gasteiger partial charge in [0.1, 0.15) is 6.04 Å². The van der Waals surface area contributed by atoms with E-state index in [1.54, 1.807) is 55.9 Å². The Balaban J connectivity index is 1.63. The summed E-state index contributed by atoms with van der Waals surface area (Å²) in [6.45, 7) is 6.90. The lowest BCUT2D eigenvalue weighted by atomic mass is 9.98. The van der Waals surface area contributed by atoms with E-state index in [0.717, 1.165) is 10.1 Å². The van der Waals surface area contributed by atoms with Crippen LogP contribution >= 0.6 is 11.8 Å². The molecule has 0 saturated carbocycles. The fourth-order valence-corrected chi connectivity index (χ4v) is 5.83. The first kappa shape index (κ1) is 19.7. The van der Waals surface area contributed by atoms with Crippen molar-refractivity contribution < 1.29 is 19.2 Å². The number of hydrogen-bond acceptors (Lipinski definition) is 7. The highest BCUT2D eigenvalue weighted by Crippen LogP contribution is 2.51. The molecule has 0 spiro atoms. The van der Waals surface area contributed by atoms with E-state index in [0.29, 0.717) is 12.0 Å². The molecule has 9 nitrogen and oxygen atoms in total. The van der Waals surface area contributed by atoms with E-state index in [4.69, 9.17) is 4.84 Å². The van der Waals surface area contributed by atoms with Crippen molar-refractivity contribution in [3.63, 3.8) is 0 Å². The van der Waals surface area contributed by atoms with Crippen molar-refractivity contribution in [1.82, 2.24) is 15.0 Å². The number of amides is 2. The first-order valence-corrected chi connectivity index (χ1v) is 10.2. The Morgan fingerprint density at radius 1 is 1.17 bits per heavy atom. The zero-order chi connectivity index (χ0) is 21.1. The first-order chi connectivity index (χ1) is 13.6. The van der Waals surface area contributed by atoms with Gasteiger partial charge < -0.3 is 9.74 Å². The van der Waals surface area contributed by atoms with Crippen molar-refractivity contribution >= 4 is 29.5 Å². The van der Waals surface area contributed by atoms with E-state index in [9.17, 15) is 19.3 Å². The van der Waals surface area contributed by atoms with Gasteiger partial charge in [-0.3, -0.25) is 9.59 Å². The number of β-lactam (4-membered cyclic amide) rings is 1. The van der Waals surface area contributed by atoms with E-state index in [1.807, 2.05) is 13.8 Å². The molecule has 4 rings (SSSR count). The summed E-state index contributed by atoms with van der Waals surface area (Å²) >= 11 is 1.54. The molecule has 2 amide bonds. The molecular formula is C19H22N4O5S. The van der Waals surface area contributed by atoms with Gasteiger partial charge in [-0.2, -0.15) is 0 Å². The molecule has 3 aliphatic heterocycles. The molecule has 3 saturated heterocycles. The zero-order valence-corrected chi connectivity index (χ0v) is 17.4. The van der Waals surface area contributed by atoms with Gasteiger partial charge in [0.2, 0.25) is 5.91 Å². The number of hydroxylamine groups is 2. The fraction of sp³-hybridized carbons (Fsp3) is 0.526. The number of rotatable bonds is 4. The Kier molecular flexibility index (Phi) is 4.38. The third-order valence-electron chi connectivity index (χ3n) is 5.67. The Bertz CT molecular complexity index is 890. The molecule has 0 bridgehead atoms. The molecular weight excluding hydrogens is 396 g/mol. The van der Waals surface area contributed by atoms with Crippen molar-refractivity contribution in [1.29, 1.82) is 0 Å². The third kappa shape index (κ3) is 2.80. The van der Waals surface area contributed by atoms with Gasteiger partial charge in [-0.1, -0.05) is 30.3 Å². The topological polar surface area (TPSA) is 99.6 Å². The van der Waals surface area contributed by atoms with E-state index in [1.165, 1.54) is 4.90 Å². The number of benzene rings is 1. The van der Waals surface area contributed by atoms with Gasteiger partial charge in [0.25, 0.3) is 5.91 Å². The van der Waals surface area contributed by atoms with Gasteiger partial charge in [-0.15, -0.1) is 21.7 Å². The first-order valence-electron chi connectivity index (χ1n) is 9.32. The number of hydrogen-bond donors (Lipinski definition) is 0. The van der Waals surface area contributed by atoms with Crippen LogP contribution in [0.25, 0.3) is 0 Å². The summed E-state index contributed by atoms with van der Waals surface area (Å²) in [6.07, 6.45) is 0.394. The summed E-state index contributed by atoms with van der Waals surface area (Å²) < 4.78 is -0.553. The normalized spacial score (nSPS) is 29.5. The maximum Gasteiger partial charge on any atom is 0.356 e. The highest BCUT2D eigenvalue weighted by atomic mass is 32.2. The predicted octanol–water partition coefficient (Wildman–Crippen LogP) is 2.20. The molecule has 0 aromatic heterocycles. The Labute approximate surface area is 172 Å². The Hall–Kier alpha value is -2.62. The van der Waals surface area contributed by atoms with Crippen molar-refractivity contribution in [3.8, 4) is 0 Å². The summed E-state index contributed by atoms with van der Waals surface area (Å²) in [5.41, 5.74) is -0.720. The highest BCUT2D eigenvalue weighted by Gasteiger charge is 2.61. The summed E-state index contributed by atoms with van der Waals surface area (Å²) in [6, 6.07) is 6.91.